The van der Waals surface area contributed by atoms with Crippen LogP contribution in [0.25, 0.3) is 0 Å². The van der Waals surface area contributed by atoms with Crippen molar-refractivity contribution in [2.24, 2.45) is 4.99 Å². The minimum absolute atomic E-state index is 0.103. The van der Waals surface area contributed by atoms with Crippen LogP contribution in [-0.4, -0.2) is 38.6 Å². The molecule has 6 heteroatoms. The first-order chi connectivity index (χ1) is 10.2. The Bertz CT molecular complexity index is 449. The van der Waals surface area contributed by atoms with Gasteiger partial charge < -0.3 is 20.7 Å². The Balaban J connectivity index is 2.40. The normalized spacial score (nSPS) is 9.67. The smallest absolute Gasteiger partial charge is 0.242 e. The zero-order valence-electron chi connectivity index (χ0n) is 12.9. The fourth-order valence-electron chi connectivity index (χ4n) is 1.66. The average Bonchev–Trinajstić information content (AvgIpc) is 2.51. The van der Waals surface area contributed by atoms with E-state index in [0.717, 1.165) is 24.4 Å². The highest BCUT2D eigenvalue weighted by Gasteiger charge is 2.02. The molecule has 0 saturated heterocycles. The first-order valence-electron chi connectivity index (χ1n) is 7.11. The molecule has 0 aromatic heterocycles. The number of ether oxygens (including phenoxy) is 1. The van der Waals surface area contributed by atoms with Gasteiger partial charge in [0, 0.05) is 19.6 Å². The summed E-state index contributed by atoms with van der Waals surface area (Å²) in [5, 5.41) is 8.97. The molecule has 116 valence electrons. The molecule has 3 N–H and O–H groups in total. The molecule has 0 saturated carbocycles. The van der Waals surface area contributed by atoms with E-state index in [1.807, 2.05) is 38.1 Å². The van der Waals surface area contributed by atoms with Crippen molar-refractivity contribution >= 4 is 11.9 Å². The summed E-state index contributed by atoms with van der Waals surface area (Å²) in [6.45, 7) is 6.08. The summed E-state index contributed by atoms with van der Waals surface area (Å²) in [5.41, 5.74) is 1.02. The standard InChI is InChI=1S/C15H24N4O2/c1-4-16-15(17-5-2)19-11-14(20)18-10-12-6-8-13(21-3)9-7-12/h6-9H,4-5,10-11H2,1-3H3,(H,18,20)(H2,16,17,19). The molecule has 0 atom stereocenters. The highest BCUT2D eigenvalue weighted by molar-refractivity contribution is 5.84. The highest BCUT2D eigenvalue weighted by Crippen LogP contribution is 2.10. The molecule has 0 heterocycles. The van der Waals surface area contributed by atoms with E-state index in [1.165, 1.54) is 0 Å². The summed E-state index contributed by atoms with van der Waals surface area (Å²) in [6.07, 6.45) is 0. The topological polar surface area (TPSA) is 74.8 Å². The Morgan fingerprint density at radius 1 is 1.10 bits per heavy atom. The lowest BCUT2D eigenvalue weighted by Crippen LogP contribution is -2.38. The molecule has 1 rings (SSSR count). The lowest BCUT2D eigenvalue weighted by Gasteiger charge is -2.09. The van der Waals surface area contributed by atoms with Gasteiger partial charge in [-0.3, -0.25) is 4.79 Å². The maximum Gasteiger partial charge on any atom is 0.242 e. The van der Waals surface area contributed by atoms with Gasteiger partial charge in [-0.15, -0.1) is 0 Å². The van der Waals surface area contributed by atoms with Crippen molar-refractivity contribution in [3.63, 3.8) is 0 Å². The van der Waals surface area contributed by atoms with Gasteiger partial charge in [0.2, 0.25) is 5.91 Å². The summed E-state index contributed by atoms with van der Waals surface area (Å²) in [5.74, 6) is 1.34. The van der Waals surface area contributed by atoms with Crippen LogP contribution in [0, 0.1) is 0 Å². The molecule has 1 amide bonds. The fraction of sp³-hybridized carbons (Fsp3) is 0.467. The van der Waals surface area contributed by atoms with Crippen LogP contribution in [-0.2, 0) is 11.3 Å². The van der Waals surface area contributed by atoms with Gasteiger partial charge in [0.25, 0.3) is 0 Å². The molecule has 21 heavy (non-hydrogen) atoms. The van der Waals surface area contributed by atoms with E-state index in [-0.39, 0.29) is 12.5 Å². The van der Waals surface area contributed by atoms with E-state index in [1.54, 1.807) is 7.11 Å². The van der Waals surface area contributed by atoms with Crippen molar-refractivity contribution in [3.8, 4) is 5.75 Å². The van der Waals surface area contributed by atoms with Crippen LogP contribution in [0.4, 0.5) is 0 Å². The van der Waals surface area contributed by atoms with Crippen LogP contribution >= 0.6 is 0 Å². The second-order valence-electron chi connectivity index (χ2n) is 4.35. The predicted octanol–water partition coefficient (Wildman–Crippen LogP) is 0.886. The Hall–Kier alpha value is -2.24. The van der Waals surface area contributed by atoms with Crippen molar-refractivity contribution < 1.29 is 9.53 Å². The van der Waals surface area contributed by atoms with E-state index in [0.29, 0.717) is 12.5 Å². The van der Waals surface area contributed by atoms with Gasteiger partial charge in [-0.1, -0.05) is 12.1 Å². The Kier molecular flexibility index (Phi) is 7.71. The number of hydrogen-bond acceptors (Lipinski definition) is 3. The second-order valence-corrected chi connectivity index (χ2v) is 4.35. The molecule has 6 nitrogen and oxygen atoms in total. The van der Waals surface area contributed by atoms with Crippen molar-refractivity contribution in [1.82, 2.24) is 16.0 Å². The highest BCUT2D eigenvalue weighted by atomic mass is 16.5. The first kappa shape index (κ1) is 16.8. The number of methoxy groups -OCH3 is 1. The lowest BCUT2D eigenvalue weighted by molar-refractivity contribution is -0.119. The van der Waals surface area contributed by atoms with Crippen molar-refractivity contribution in [2.75, 3.05) is 26.7 Å². The SMILES string of the molecule is CCNC(=NCC(=O)NCc1ccc(OC)cc1)NCC. The summed E-state index contributed by atoms with van der Waals surface area (Å²) in [6, 6.07) is 7.58. The van der Waals surface area contributed by atoms with Crippen LogP contribution in [0.15, 0.2) is 29.3 Å². The molecule has 0 fully saturated rings. The number of nitrogens with one attached hydrogen (secondary N) is 3. The van der Waals surface area contributed by atoms with E-state index in [2.05, 4.69) is 20.9 Å². The molecule has 0 radical (unpaired) electrons. The van der Waals surface area contributed by atoms with Gasteiger partial charge in [-0.25, -0.2) is 4.99 Å². The number of rotatable bonds is 7. The van der Waals surface area contributed by atoms with Gasteiger partial charge in [-0.05, 0) is 31.5 Å². The van der Waals surface area contributed by atoms with Crippen LogP contribution in [0.1, 0.15) is 19.4 Å². The molecule has 0 spiro atoms. The Morgan fingerprint density at radius 2 is 1.71 bits per heavy atom. The Labute approximate surface area is 126 Å². The average molecular weight is 292 g/mol. The third-order valence-electron chi connectivity index (χ3n) is 2.72. The maximum atomic E-state index is 11.8. The van der Waals surface area contributed by atoms with Crippen LogP contribution < -0.4 is 20.7 Å². The third kappa shape index (κ3) is 6.65. The fourth-order valence-corrected chi connectivity index (χ4v) is 1.66. The first-order valence-corrected chi connectivity index (χ1v) is 7.11. The number of benzene rings is 1. The molecule has 0 unspecified atom stereocenters. The van der Waals surface area contributed by atoms with Gasteiger partial charge in [0.1, 0.15) is 12.3 Å². The summed E-state index contributed by atoms with van der Waals surface area (Å²) in [4.78, 5) is 16.0. The molecule has 0 aliphatic rings. The van der Waals surface area contributed by atoms with Gasteiger partial charge in [-0.2, -0.15) is 0 Å². The number of nitrogens with zero attached hydrogens (tertiary/aromatic N) is 1. The van der Waals surface area contributed by atoms with Crippen molar-refractivity contribution in [3.05, 3.63) is 29.8 Å². The van der Waals surface area contributed by atoms with E-state index in [9.17, 15) is 4.79 Å². The minimum Gasteiger partial charge on any atom is -0.497 e. The second kappa shape index (κ2) is 9.63. The number of carbonyl (C=O) groups is 1. The van der Waals surface area contributed by atoms with Crippen LogP contribution in [0.3, 0.4) is 0 Å². The maximum absolute atomic E-state index is 11.8. The number of carbonyl (C=O) groups excluding carboxylic acids is 1. The summed E-state index contributed by atoms with van der Waals surface area (Å²) >= 11 is 0. The van der Waals surface area contributed by atoms with Gasteiger partial charge in [0.05, 0.1) is 7.11 Å². The van der Waals surface area contributed by atoms with Crippen molar-refractivity contribution in [1.29, 1.82) is 0 Å². The molecule has 1 aromatic carbocycles. The molecule has 1 aromatic rings. The number of amides is 1. The van der Waals surface area contributed by atoms with E-state index in [4.69, 9.17) is 4.74 Å². The quantitative estimate of drug-likeness (QED) is 0.515. The lowest BCUT2D eigenvalue weighted by atomic mass is 10.2. The number of hydrogen-bond donors (Lipinski definition) is 3. The third-order valence-corrected chi connectivity index (χ3v) is 2.72. The van der Waals surface area contributed by atoms with Crippen molar-refractivity contribution in [2.45, 2.75) is 20.4 Å². The molecule has 0 aliphatic carbocycles. The monoisotopic (exact) mass is 292 g/mol. The van der Waals surface area contributed by atoms with Gasteiger partial charge in [0.15, 0.2) is 5.96 Å². The summed E-state index contributed by atoms with van der Waals surface area (Å²) < 4.78 is 5.09. The van der Waals surface area contributed by atoms with E-state index >= 15 is 0 Å². The minimum atomic E-state index is -0.112. The van der Waals surface area contributed by atoms with E-state index < -0.39 is 0 Å². The number of guanidine groups is 1. The number of aliphatic imine (C=N–C) groups is 1. The largest absolute Gasteiger partial charge is 0.497 e. The van der Waals surface area contributed by atoms with Crippen LogP contribution in [0.5, 0.6) is 5.75 Å². The molecule has 0 bridgehead atoms. The zero-order chi connectivity index (χ0) is 15.5. The Morgan fingerprint density at radius 3 is 2.24 bits per heavy atom. The summed E-state index contributed by atoms with van der Waals surface area (Å²) in [7, 11) is 1.63. The predicted molar refractivity (Wildman–Crippen MR) is 84.5 cm³/mol. The zero-order valence-corrected chi connectivity index (χ0v) is 12.9. The van der Waals surface area contributed by atoms with Crippen LogP contribution in [0.2, 0.25) is 0 Å². The van der Waals surface area contributed by atoms with Gasteiger partial charge >= 0.3 is 0 Å². The molecule has 0 aliphatic heterocycles. The molecular weight excluding hydrogens is 268 g/mol. The molecular formula is C15H24N4O2.